The lowest BCUT2D eigenvalue weighted by molar-refractivity contribution is 0.0243. The Kier molecular flexibility index (Phi) is 2.69. The molecule has 60 valence electrons. The molecule has 1 heterocycles. The molecule has 0 saturated carbocycles. The van der Waals surface area contributed by atoms with Gasteiger partial charge in [-0.25, -0.2) is 0 Å². The van der Waals surface area contributed by atoms with Crippen molar-refractivity contribution in [3.8, 4) is 0 Å². The van der Waals surface area contributed by atoms with Crippen molar-refractivity contribution in [2.75, 3.05) is 13.1 Å². The minimum atomic E-state index is -0.358. The van der Waals surface area contributed by atoms with Crippen LogP contribution in [0, 0.1) is 0 Å². The van der Waals surface area contributed by atoms with Gasteiger partial charge < -0.3 is 10.4 Å². The van der Waals surface area contributed by atoms with E-state index in [0.717, 1.165) is 38.8 Å². The van der Waals surface area contributed by atoms with Crippen LogP contribution in [-0.2, 0) is 0 Å². The van der Waals surface area contributed by atoms with Crippen LogP contribution >= 0.6 is 0 Å². The van der Waals surface area contributed by atoms with E-state index in [1.807, 2.05) is 0 Å². The van der Waals surface area contributed by atoms with Gasteiger partial charge in [-0.05, 0) is 38.8 Å². The van der Waals surface area contributed by atoms with Crippen LogP contribution < -0.4 is 5.32 Å². The summed E-state index contributed by atoms with van der Waals surface area (Å²) < 4.78 is 0. The summed E-state index contributed by atoms with van der Waals surface area (Å²) in [7, 11) is 0. The minimum absolute atomic E-state index is 0.358. The highest BCUT2D eigenvalue weighted by atomic mass is 16.3. The summed E-state index contributed by atoms with van der Waals surface area (Å²) in [5.41, 5.74) is -0.358. The first-order chi connectivity index (χ1) is 4.77. The fraction of sp³-hybridized carbons (Fsp3) is 1.00. The molecule has 1 rings (SSSR count). The first kappa shape index (κ1) is 8.02. The van der Waals surface area contributed by atoms with Crippen molar-refractivity contribution in [3.63, 3.8) is 0 Å². The second-order valence-corrected chi connectivity index (χ2v) is 3.18. The Balaban J connectivity index is 2.41. The van der Waals surface area contributed by atoms with E-state index in [1.54, 1.807) is 0 Å². The molecule has 1 atom stereocenters. The third-order valence-corrected chi connectivity index (χ3v) is 2.42. The molecular formula is C8H17NO. The van der Waals surface area contributed by atoms with Crippen molar-refractivity contribution in [1.29, 1.82) is 0 Å². The SMILES string of the molecule is CCC1(O)CCCNCC1. The van der Waals surface area contributed by atoms with E-state index in [1.165, 1.54) is 0 Å². The summed E-state index contributed by atoms with van der Waals surface area (Å²) in [4.78, 5) is 0. The fourth-order valence-electron chi connectivity index (χ4n) is 1.47. The van der Waals surface area contributed by atoms with Gasteiger partial charge in [-0.1, -0.05) is 6.92 Å². The van der Waals surface area contributed by atoms with Gasteiger partial charge in [-0.3, -0.25) is 0 Å². The molecular weight excluding hydrogens is 126 g/mol. The Morgan fingerprint density at radius 3 is 2.90 bits per heavy atom. The maximum absolute atomic E-state index is 9.82. The molecule has 0 spiro atoms. The molecule has 2 N–H and O–H groups in total. The highest BCUT2D eigenvalue weighted by Crippen LogP contribution is 2.22. The first-order valence-electron chi connectivity index (χ1n) is 4.20. The minimum Gasteiger partial charge on any atom is -0.390 e. The van der Waals surface area contributed by atoms with Gasteiger partial charge in [-0.15, -0.1) is 0 Å². The topological polar surface area (TPSA) is 32.3 Å². The van der Waals surface area contributed by atoms with Gasteiger partial charge in [0.1, 0.15) is 0 Å². The Labute approximate surface area is 62.6 Å². The molecule has 0 aromatic heterocycles. The van der Waals surface area contributed by atoms with Crippen molar-refractivity contribution >= 4 is 0 Å². The van der Waals surface area contributed by atoms with E-state index in [2.05, 4.69) is 12.2 Å². The van der Waals surface area contributed by atoms with E-state index >= 15 is 0 Å². The van der Waals surface area contributed by atoms with Gasteiger partial charge >= 0.3 is 0 Å². The number of hydrogen-bond acceptors (Lipinski definition) is 2. The molecule has 2 nitrogen and oxygen atoms in total. The second-order valence-electron chi connectivity index (χ2n) is 3.18. The monoisotopic (exact) mass is 143 g/mol. The van der Waals surface area contributed by atoms with Crippen molar-refractivity contribution in [2.24, 2.45) is 0 Å². The molecule has 0 aliphatic carbocycles. The van der Waals surface area contributed by atoms with Crippen LogP contribution in [0.3, 0.4) is 0 Å². The molecule has 2 heteroatoms. The van der Waals surface area contributed by atoms with Crippen molar-refractivity contribution < 1.29 is 5.11 Å². The summed E-state index contributed by atoms with van der Waals surface area (Å²) in [6.07, 6.45) is 3.90. The Hall–Kier alpha value is -0.0800. The van der Waals surface area contributed by atoms with Gasteiger partial charge in [0.2, 0.25) is 0 Å². The summed E-state index contributed by atoms with van der Waals surface area (Å²) in [5.74, 6) is 0. The summed E-state index contributed by atoms with van der Waals surface area (Å²) in [5, 5.41) is 13.1. The van der Waals surface area contributed by atoms with Crippen LogP contribution in [0.4, 0.5) is 0 Å². The molecule has 1 saturated heterocycles. The molecule has 0 bridgehead atoms. The zero-order chi connectivity index (χ0) is 7.45. The van der Waals surface area contributed by atoms with Crippen molar-refractivity contribution in [1.82, 2.24) is 5.32 Å². The van der Waals surface area contributed by atoms with Gasteiger partial charge in [0.05, 0.1) is 5.60 Å². The number of hydrogen-bond donors (Lipinski definition) is 2. The van der Waals surface area contributed by atoms with Crippen LogP contribution in [0.15, 0.2) is 0 Å². The molecule has 1 aliphatic rings. The zero-order valence-electron chi connectivity index (χ0n) is 6.69. The second kappa shape index (κ2) is 3.35. The Morgan fingerprint density at radius 1 is 1.40 bits per heavy atom. The Morgan fingerprint density at radius 2 is 2.20 bits per heavy atom. The van der Waals surface area contributed by atoms with Crippen LogP contribution in [-0.4, -0.2) is 23.8 Å². The van der Waals surface area contributed by atoms with Gasteiger partial charge in [0.25, 0.3) is 0 Å². The lowest BCUT2D eigenvalue weighted by atomic mass is 9.92. The molecule has 0 amide bonds. The predicted molar refractivity (Wildman–Crippen MR) is 42.0 cm³/mol. The average molecular weight is 143 g/mol. The lowest BCUT2D eigenvalue weighted by Gasteiger charge is -2.23. The maximum atomic E-state index is 9.82. The van der Waals surface area contributed by atoms with Crippen LogP contribution in [0.1, 0.15) is 32.6 Å². The van der Waals surface area contributed by atoms with E-state index in [9.17, 15) is 5.11 Å². The largest absolute Gasteiger partial charge is 0.390 e. The number of rotatable bonds is 1. The molecule has 10 heavy (non-hydrogen) atoms. The average Bonchev–Trinajstić information content (AvgIpc) is 2.15. The number of aliphatic hydroxyl groups is 1. The van der Waals surface area contributed by atoms with E-state index in [4.69, 9.17) is 0 Å². The summed E-state index contributed by atoms with van der Waals surface area (Å²) in [6.45, 7) is 4.11. The fourth-order valence-corrected chi connectivity index (χ4v) is 1.47. The van der Waals surface area contributed by atoms with Gasteiger partial charge in [-0.2, -0.15) is 0 Å². The van der Waals surface area contributed by atoms with Gasteiger partial charge in [0.15, 0.2) is 0 Å². The lowest BCUT2D eigenvalue weighted by Crippen LogP contribution is -2.28. The van der Waals surface area contributed by atoms with Crippen LogP contribution in [0.2, 0.25) is 0 Å². The molecule has 1 unspecified atom stereocenters. The third-order valence-electron chi connectivity index (χ3n) is 2.42. The standard InChI is InChI=1S/C8H17NO/c1-2-8(10)4-3-6-9-7-5-8/h9-10H,2-7H2,1H3. The van der Waals surface area contributed by atoms with E-state index < -0.39 is 0 Å². The van der Waals surface area contributed by atoms with E-state index in [0.29, 0.717) is 0 Å². The van der Waals surface area contributed by atoms with Crippen LogP contribution in [0.5, 0.6) is 0 Å². The smallest absolute Gasteiger partial charge is 0.0657 e. The molecule has 1 fully saturated rings. The third kappa shape index (κ3) is 1.96. The summed E-state index contributed by atoms with van der Waals surface area (Å²) in [6, 6.07) is 0. The quantitative estimate of drug-likeness (QED) is 0.571. The molecule has 0 aromatic carbocycles. The maximum Gasteiger partial charge on any atom is 0.0657 e. The number of nitrogens with one attached hydrogen (secondary N) is 1. The van der Waals surface area contributed by atoms with E-state index in [-0.39, 0.29) is 5.60 Å². The predicted octanol–water partition coefficient (Wildman–Crippen LogP) is 0.901. The summed E-state index contributed by atoms with van der Waals surface area (Å²) >= 11 is 0. The molecule has 0 radical (unpaired) electrons. The highest BCUT2D eigenvalue weighted by Gasteiger charge is 2.24. The van der Waals surface area contributed by atoms with Crippen LogP contribution in [0.25, 0.3) is 0 Å². The van der Waals surface area contributed by atoms with Gasteiger partial charge in [0, 0.05) is 0 Å². The molecule has 0 aromatic rings. The first-order valence-corrected chi connectivity index (χ1v) is 4.20. The Bertz CT molecular complexity index is 95.4. The zero-order valence-corrected chi connectivity index (χ0v) is 6.69. The highest BCUT2D eigenvalue weighted by molar-refractivity contribution is 4.80. The normalized spacial score (nSPS) is 35.4. The molecule has 1 aliphatic heterocycles. The van der Waals surface area contributed by atoms with Crippen molar-refractivity contribution in [2.45, 2.75) is 38.2 Å². The van der Waals surface area contributed by atoms with Crippen molar-refractivity contribution in [3.05, 3.63) is 0 Å².